The molecule has 1 aromatic heterocycles. The zero-order valence-corrected chi connectivity index (χ0v) is 9.06. The minimum absolute atomic E-state index is 0.406. The molecule has 2 rings (SSSR count). The van der Waals surface area contributed by atoms with E-state index in [1.165, 1.54) is 0 Å². The summed E-state index contributed by atoms with van der Waals surface area (Å²) < 4.78 is 0. The Morgan fingerprint density at radius 2 is 1.79 bits per heavy atom. The summed E-state index contributed by atoms with van der Waals surface area (Å²) in [6.45, 7) is 3.94. The fourth-order valence-corrected chi connectivity index (χ4v) is 2.21. The van der Waals surface area contributed by atoms with Crippen LogP contribution in [0, 0.1) is 13.8 Å². The minimum atomic E-state index is 0.406. The normalized spacial score (nSPS) is 10.4. The quantitative estimate of drug-likeness (QED) is 0.750. The van der Waals surface area contributed by atoms with Crippen LogP contribution < -0.4 is 0 Å². The summed E-state index contributed by atoms with van der Waals surface area (Å²) in [6, 6.07) is 6.02. The number of hydrogen-bond acceptors (Lipinski definition) is 2. The second-order valence-corrected chi connectivity index (χ2v) is 4.22. The monoisotopic (exact) mass is 204 g/mol. The second kappa shape index (κ2) is 3.46. The Labute approximate surface area is 87.7 Å². The van der Waals surface area contributed by atoms with Gasteiger partial charge in [-0.3, -0.25) is 0 Å². The fourth-order valence-electron chi connectivity index (χ4n) is 1.57. The van der Waals surface area contributed by atoms with Gasteiger partial charge in [0.15, 0.2) is 0 Å². The summed E-state index contributed by atoms with van der Waals surface area (Å²) in [5, 5.41) is 14.0. The molecule has 1 N–H and O–H groups in total. The Morgan fingerprint density at radius 1 is 1.07 bits per heavy atom. The molecule has 0 amide bonds. The first-order valence-electron chi connectivity index (χ1n) is 4.52. The molecule has 0 saturated carbocycles. The number of phenols is 1. The highest BCUT2D eigenvalue weighted by Gasteiger charge is 2.09. The number of aromatic hydroxyl groups is 1. The number of benzene rings is 1. The van der Waals surface area contributed by atoms with Gasteiger partial charge in [-0.2, -0.15) is 11.3 Å². The lowest BCUT2D eigenvalue weighted by atomic mass is 9.99. The molecule has 2 heteroatoms. The molecule has 0 unspecified atom stereocenters. The molecule has 2 aromatic rings. The molecule has 0 aliphatic carbocycles. The van der Waals surface area contributed by atoms with Crippen molar-refractivity contribution in [2.75, 3.05) is 0 Å². The summed E-state index contributed by atoms with van der Waals surface area (Å²) in [6.07, 6.45) is 0. The molecule has 1 aromatic carbocycles. The molecular weight excluding hydrogens is 192 g/mol. The average Bonchev–Trinajstić information content (AvgIpc) is 2.65. The zero-order valence-electron chi connectivity index (χ0n) is 8.24. The van der Waals surface area contributed by atoms with Gasteiger partial charge in [0.1, 0.15) is 5.75 Å². The molecule has 0 fully saturated rings. The van der Waals surface area contributed by atoms with Crippen molar-refractivity contribution >= 4 is 11.3 Å². The van der Waals surface area contributed by atoms with Crippen molar-refractivity contribution in [3.05, 3.63) is 40.1 Å². The van der Waals surface area contributed by atoms with Gasteiger partial charge in [0.2, 0.25) is 0 Å². The van der Waals surface area contributed by atoms with Gasteiger partial charge in [-0.1, -0.05) is 12.1 Å². The minimum Gasteiger partial charge on any atom is -0.507 e. The summed E-state index contributed by atoms with van der Waals surface area (Å²) >= 11 is 1.65. The van der Waals surface area contributed by atoms with Crippen LogP contribution in [0.1, 0.15) is 11.1 Å². The maximum Gasteiger partial charge on any atom is 0.126 e. The molecule has 0 saturated heterocycles. The van der Waals surface area contributed by atoms with Gasteiger partial charge in [-0.25, -0.2) is 0 Å². The van der Waals surface area contributed by atoms with Crippen LogP contribution in [-0.2, 0) is 0 Å². The van der Waals surface area contributed by atoms with E-state index >= 15 is 0 Å². The molecule has 0 aliphatic heterocycles. The van der Waals surface area contributed by atoms with Crippen LogP contribution >= 0.6 is 11.3 Å². The van der Waals surface area contributed by atoms with Crippen LogP contribution in [0.3, 0.4) is 0 Å². The molecule has 0 spiro atoms. The predicted octanol–water partition coefficient (Wildman–Crippen LogP) is 3.74. The van der Waals surface area contributed by atoms with Gasteiger partial charge < -0.3 is 5.11 Å². The van der Waals surface area contributed by atoms with E-state index in [1.54, 1.807) is 11.3 Å². The highest BCUT2D eigenvalue weighted by Crippen LogP contribution is 2.35. The van der Waals surface area contributed by atoms with Gasteiger partial charge in [0.25, 0.3) is 0 Å². The summed E-state index contributed by atoms with van der Waals surface area (Å²) in [5.74, 6) is 0.406. The van der Waals surface area contributed by atoms with E-state index in [1.807, 2.05) is 37.4 Å². The van der Waals surface area contributed by atoms with Gasteiger partial charge >= 0.3 is 0 Å². The van der Waals surface area contributed by atoms with Crippen molar-refractivity contribution in [2.24, 2.45) is 0 Å². The largest absolute Gasteiger partial charge is 0.507 e. The second-order valence-electron chi connectivity index (χ2n) is 3.43. The smallest absolute Gasteiger partial charge is 0.126 e. The first-order valence-corrected chi connectivity index (χ1v) is 5.46. The van der Waals surface area contributed by atoms with Crippen LogP contribution in [0.25, 0.3) is 11.1 Å². The van der Waals surface area contributed by atoms with E-state index in [-0.39, 0.29) is 0 Å². The standard InChI is InChI=1S/C12H12OS/c1-8-3-4-9(2)12(13)11(8)10-5-6-14-7-10/h3-7,13H,1-2H3. The topological polar surface area (TPSA) is 20.2 Å². The van der Waals surface area contributed by atoms with E-state index < -0.39 is 0 Å². The predicted molar refractivity (Wildman–Crippen MR) is 60.9 cm³/mol. The third-order valence-electron chi connectivity index (χ3n) is 2.40. The van der Waals surface area contributed by atoms with E-state index in [0.29, 0.717) is 5.75 Å². The zero-order chi connectivity index (χ0) is 10.1. The maximum atomic E-state index is 9.95. The lowest BCUT2D eigenvalue weighted by Gasteiger charge is -2.08. The molecule has 1 nitrogen and oxygen atoms in total. The molecule has 14 heavy (non-hydrogen) atoms. The van der Waals surface area contributed by atoms with Crippen LogP contribution in [0.2, 0.25) is 0 Å². The van der Waals surface area contributed by atoms with Crippen molar-refractivity contribution in [1.29, 1.82) is 0 Å². The SMILES string of the molecule is Cc1ccc(C)c(-c2ccsc2)c1O. The van der Waals surface area contributed by atoms with Gasteiger partial charge in [-0.05, 0) is 47.4 Å². The Balaban J connectivity index is 2.69. The molecule has 72 valence electrons. The van der Waals surface area contributed by atoms with Crippen molar-refractivity contribution < 1.29 is 5.11 Å². The summed E-state index contributed by atoms with van der Waals surface area (Å²) in [7, 11) is 0. The Bertz CT molecular complexity index is 444. The van der Waals surface area contributed by atoms with E-state index in [4.69, 9.17) is 0 Å². The van der Waals surface area contributed by atoms with Crippen molar-refractivity contribution in [1.82, 2.24) is 0 Å². The number of phenolic OH excluding ortho intramolecular Hbond substituents is 1. The summed E-state index contributed by atoms with van der Waals surface area (Å²) in [4.78, 5) is 0. The van der Waals surface area contributed by atoms with Crippen LogP contribution in [0.4, 0.5) is 0 Å². The third kappa shape index (κ3) is 1.42. The van der Waals surface area contributed by atoms with Crippen LogP contribution in [0.5, 0.6) is 5.75 Å². The molecule has 0 atom stereocenters. The lowest BCUT2D eigenvalue weighted by molar-refractivity contribution is 0.473. The summed E-state index contributed by atoms with van der Waals surface area (Å²) in [5.41, 5.74) is 4.11. The van der Waals surface area contributed by atoms with Gasteiger partial charge in [0.05, 0.1) is 0 Å². The number of aryl methyl sites for hydroxylation is 2. The fraction of sp³-hybridized carbons (Fsp3) is 0.167. The number of hydrogen-bond donors (Lipinski definition) is 1. The van der Waals surface area contributed by atoms with Gasteiger partial charge in [0, 0.05) is 5.56 Å². The maximum absolute atomic E-state index is 9.95. The molecule has 1 heterocycles. The highest BCUT2D eigenvalue weighted by atomic mass is 32.1. The molecule has 0 radical (unpaired) electrons. The van der Waals surface area contributed by atoms with Crippen molar-refractivity contribution in [3.8, 4) is 16.9 Å². The first kappa shape index (κ1) is 9.28. The van der Waals surface area contributed by atoms with E-state index in [2.05, 4.69) is 5.38 Å². The third-order valence-corrected chi connectivity index (χ3v) is 3.08. The number of rotatable bonds is 1. The van der Waals surface area contributed by atoms with Crippen LogP contribution in [-0.4, -0.2) is 5.11 Å². The van der Waals surface area contributed by atoms with Crippen molar-refractivity contribution in [3.63, 3.8) is 0 Å². The van der Waals surface area contributed by atoms with Crippen molar-refractivity contribution in [2.45, 2.75) is 13.8 Å². The lowest BCUT2D eigenvalue weighted by Crippen LogP contribution is -1.85. The molecule has 0 aliphatic rings. The Hall–Kier alpha value is -1.28. The van der Waals surface area contributed by atoms with E-state index in [0.717, 1.165) is 22.3 Å². The molecule has 0 bridgehead atoms. The van der Waals surface area contributed by atoms with Gasteiger partial charge in [-0.15, -0.1) is 0 Å². The van der Waals surface area contributed by atoms with E-state index in [9.17, 15) is 5.11 Å². The Morgan fingerprint density at radius 3 is 2.43 bits per heavy atom. The first-order chi connectivity index (χ1) is 6.70. The number of thiophene rings is 1. The van der Waals surface area contributed by atoms with Crippen LogP contribution in [0.15, 0.2) is 29.0 Å². The molecular formula is C12H12OS. The average molecular weight is 204 g/mol. The Kier molecular flexibility index (Phi) is 2.30. The highest BCUT2D eigenvalue weighted by molar-refractivity contribution is 7.08.